The Hall–Kier alpha value is -2.41. The summed E-state index contributed by atoms with van der Waals surface area (Å²) >= 11 is 1.48. The Labute approximate surface area is 131 Å². The van der Waals surface area contributed by atoms with Crippen molar-refractivity contribution in [2.75, 3.05) is 6.61 Å². The van der Waals surface area contributed by atoms with Gasteiger partial charge in [-0.1, -0.05) is 0 Å². The van der Waals surface area contributed by atoms with Gasteiger partial charge in [-0.25, -0.2) is 4.79 Å². The minimum Gasteiger partial charge on any atom is -0.452 e. The standard InChI is InChI=1S/C15H16N2O4S/c1-9-7-11(10(2)22-9)15(20)21-8-13(18)16-14(19)12-5-4-6-17(12)3/h4-7H,8H2,1-3H3,(H,16,18,19). The van der Waals surface area contributed by atoms with E-state index < -0.39 is 24.4 Å². The SMILES string of the molecule is Cc1cc(C(=O)OCC(=O)NC(=O)c2cccn2C)c(C)s1. The first-order valence-electron chi connectivity index (χ1n) is 6.58. The quantitative estimate of drug-likeness (QED) is 0.872. The number of nitrogens with one attached hydrogen (secondary N) is 1. The third kappa shape index (κ3) is 3.62. The summed E-state index contributed by atoms with van der Waals surface area (Å²) in [6.07, 6.45) is 1.70. The average Bonchev–Trinajstić information content (AvgIpc) is 3.01. The van der Waals surface area contributed by atoms with Crippen molar-refractivity contribution in [1.82, 2.24) is 9.88 Å². The van der Waals surface area contributed by atoms with Crippen LogP contribution in [0.4, 0.5) is 0 Å². The van der Waals surface area contributed by atoms with Gasteiger partial charge >= 0.3 is 5.97 Å². The van der Waals surface area contributed by atoms with E-state index in [9.17, 15) is 14.4 Å². The minimum atomic E-state index is -0.663. The van der Waals surface area contributed by atoms with Gasteiger partial charge in [0.05, 0.1) is 5.56 Å². The highest BCUT2D eigenvalue weighted by Gasteiger charge is 2.17. The van der Waals surface area contributed by atoms with E-state index in [2.05, 4.69) is 5.32 Å². The number of aromatic nitrogens is 1. The molecule has 0 atom stereocenters. The number of ether oxygens (including phenoxy) is 1. The van der Waals surface area contributed by atoms with Crippen LogP contribution in [0, 0.1) is 13.8 Å². The monoisotopic (exact) mass is 320 g/mol. The van der Waals surface area contributed by atoms with Crippen LogP contribution in [-0.2, 0) is 16.6 Å². The Morgan fingerprint density at radius 3 is 2.59 bits per heavy atom. The van der Waals surface area contributed by atoms with Crippen LogP contribution in [0.5, 0.6) is 0 Å². The first kappa shape index (κ1) is 16.0. The summed E-state index contributed by atoms with van der Waals surface area (Å²) in [6, 6.07) is 5.00. The van der Waals surface area contributed by atoms with E-state index in [1.807, 2.05) is 13.8 Å². The Kier molecular flexibility index (Phi) is 4.77. The fourth-order valence-corrected chi connectivity index (χ4v) is 2.88. The van der Waals surface area contributed by atoms with E-state index in [1.54, 1.807) is 36.0 Å². The minimum absolute atomic E-state index is 0.351. The topological polar surface area (TPSA) is 77.4 Å². The van der Waals surface area contributed by atoms with Crippen molar-refractivity contribution in [3.63, 3.8) is 0 Å². The Bertz CT molecular complexity index is 730. The van der Waals surface area contributed by atoms with Gasteiger partial charge < -0.3 is 9.30 Å². The molecule has 0 fully saturated rings. The number of nitrogens with zero attached hydrogens (tertiary/aromatic N) is 1. The van der Waals surface area contributed by atoms with Crippen LogP contribution in [-0.4, -0.2) is 29.0 Å². The van der Waals surface area contributed by atoms with Crippen LogP contribution < -0.4 is 5.32 Å². The molecule has 2 rings (SSSR count). The molecule has 0 radical (unpaired) electrons. The average molecular weight is 320 g/mol. The molecule has 0 aliphatic rings. The van der Waals surface area contributed by atoms with Gasteiger partial charge in [0, 0.05) is 23.0 Å². The van der Waals surface area contributed by atoms with E-state index in [0.29, 0.717) is 11.3 Å². The van der Waals surface area contributed by atoms with Gasteiger partial charge in [0.2, 0.25) is 0 Å². The fraction of sp³-hybridized carbons (Fsp3) is 0.267. The molecule has 2 heterocycles. The number of hydrogen-bond donors (Lipinski definition) is 1. The summed E-state index contributed by atoms with van der Waals surface area (Å²) in [4.78, 5) is 37.2. The summed E-state index contributed by atoms with van der Waals surface area (Å²) in [6.45, 7) is 3.20. The molecule has 0 aromatic carbocycles. The molecule has 0 unspecified atom stereocenters. The molecule has 0 aliphatic carbocycles. The number of imide groups is 1. The summed E-state index contributed by atoms with van der Waals surface area (Å²) in [5.74, 6) is -1.76. The molecule has 116 valence electrons. The van der Waals surface area contributed by atoms with Crippen LogP contribution in [0.2, 0.25) is 0 Å². The molecule has 2 amide bonds. The smallest absolute Gasteiger partial charge is 0.339 e. The Balaban J connectivity index is 1.88. The van der Waals surface area contributed by atoms with Gasteiger partial charge in [0.25, 0.3) is 11.8 Å². The third-order valence-electron chi connectivity index (χ3n) is 3.02. The molecule has 1 N–H and O–H groups in total. The van der Waals surface area contributed by atoms with Crippen molar-refractivity contribution in [2.24, 2.45) is 7.05 Å². The highest BCUT2D eigenvalue weighted by Crippen LogP contribution is 2.21. The first-order chi connectivity index (χ1) is 10.4. The maximum absolute atomic E-state index is 11.9. The number of aryl methyl sites for hydroxylation is 3. The van der Waals surface area contributed by atoms with Crippen molar-refractivity contribution >= 4 is 29.1 Å². The van der Waals surface area contributed by atoms with Crippen LogP contribution in [0.1, 0.15) is 30.6 Å². The molecule has 2 aromatic rings. The van der Waals surface area contributed by atoms with E-state index in [4.69, 9.17) is 4.74 Å². The number of thiophene rings is 1. The van der Waals surface area contributed by atoms with Crippen molar-refractivity contribution in [3.05, 3.63) is 45.4 Å². The summed E-state index contributed by atoms with van der Waals surface area (Å²) < 4.78 is 6.52. The van der Waals surface area contributed by atoms with Crippen LogP contribution >= 0.6 is 11.3 Å². The molecule has 22 heavy (non-hydrogen) atoms. The number of hydrogen-bond acceptors (Lipinski definition) is 5. The molecule has 6 nitrogen and oxygen atoms in total. The molecule has 2 aromatic heterocycles. The second kappa shape index (κ2) is 6.57. The van der Waals surface area contributed by atoms with Crippen molar-refractivity contribution in [2.45, 2.75) is 13.8 Å². The fourth-order valence-electron chi connectivity index (χ4n) is 1.97. The summed E-state index contributed by atoms with van der Waals surface area (Å²) in [7, 11) is 1.70. The molecular formula is C15H16N2O4S. The number of rotatable bonds is 4. The molecular weight excluding hydrogens is 304 g/mol. The van der Waals surface area contributed by atoms with E-state index in [-0.39, 0.29) is 0 Å². The zero-order valence-corrected chi connectivity index (χ0v) is 13.3. The molecule has 7 heteroatoms. The van der Waals surface area contributed by atoms with Crippen molar-refractivity contribution in [3.8, 4) is 0 Å². The zero-order chi connectivity index (χ0) is 16.3. The number of carbonyl (C=O) groups is 3. The largest absolute Gasteiger partial charge is 0.452 e. The lowest BCUT2D eigenvalue weighted by Crippen LogP contribution is -2.35. The summed E-state index contributed by atoms with van der Waals surface area (Å²) in [5, 5.41) is 2.18. The number of carbonyl (C=O) groups excluding carboxylic acids is 3. The maximum Gasteiger partial charge on any atom is 0.339 e. The predicted molar refractivity (Wildman–Crippen MR) is 82.0 cm³/mol. The van der Waals surface area contributed by atoms with Gasteiger partial charge in [0.1, 0.15) is 5.69 Å². The van der Waals surface area contributed by atoms with Gasteiger partial charge in [-0.05, 0) is 32.0 Å². The van der Waals surface area contributed by atoms with Crippen molar-refractivity contribution < 1.29 is 19.1 Å². The first-order valence-corrected chi connectivity index (χ1v) is 7.40. The van der Waals surface area contributed by atoms with Gasteiger partial charge in [-0.3, -0.25) is 14.9 Å². The van der Waals surface area contributed by atoms with Crippen LogP contribution in [0.25, 0.3) is 0 Å². The highest BCUT2D eigenvalue weighted by molar-refractivity contribution is 7.12. The van der Waals surface area contributed by atoms with E-state index in [0.717, 1.165) is 9.75 Å². The van der Waals surface area contributed by atoms with E-state index in [1.165, 1.54) is 11.3 Å². The molecule has 0 saturated heterocycles. The normalized spacial score (nSPS) is 10.3. The zero-order valence-electron chi connectivity index (χ0n) is 12.5. The second-order valence-corrected chi connectivity index (χ2v) is 6.25. The van der Waals surface area contributed by atoms with Gasteiger partial charge in [-0.15, -0.1) is 11.3 Å². The van der Waals surface area contributed by atoms with Crippen molar-refractivity contribution in [1.29, 1.82) is 0 Å². The lowest BCUT2D eigenvalue weighted by molar-refractivity contribution is -0.123. The maximum atomic E-state index is 11.9. The summed E-state index contributed by atoms with van der Waals surface area (Å²) in [5.41, 5.74) is 0.799. The van der Waals surface area contributed by atoms with E-state index >= 15 is 0 Å². The number of esters is 1. The Morgan fingerprint density at radius 1 is 1.32 bits per heavy atom. The Morgan fingerprint density at radius 2 is 2.05 bits per heavy atom. The molecule has 0 saturated carbocycles. The molecule has 0 aliphatic heterocycles. The van der Waals surface area contributed by atoms with Crippen LogP contribution in [0.15, 0.2) is 24.4 Å². The highest BCUT2D eigenvalue weighted by atomic mass is 32.1. The molecule has 0 bridgehead atoms. The predicted octanol–water partition coefficient (Wildman–Crippen LogP) is 1.82. The third-order valence-corrected chi connectivity index (χ3v) is 3.99. The van der Waals surface area contributed by atoms with Gasteiger partial charge in [-0.2, -0.15) is 0 Å². The lowest BCUT2D eigenvalue weighted by Gasteiger charge is -2.06. The number of amides is 2. The van der Waals surface area contributed by atoms with Crippen LogP contribution in [0.3, 0.4) is 0 Å². The molecule has 0 spiro atoms. The lowest BCUT2D eigenvalue weighted by atomic mass is 10.2. The second-order valence-electron chi connectivity index (χ2n) is 4.78. The van der Waals surface area contributed by atoms with Gasteiger partial charge in [0.15, 0.2) is 6.61 Å².